The Morgan fingerprint density at radius 1 is 1.14 bits per heavy atom. The van der Waals surface area contributed by atoms with Gasteiger partial charge in [-0.1, -0.05) is 0 Å². The Hall–Kier alpha value is -3.03. The van der Waals surface area contributed by atoms with Crippen LogP contribution < -0.4 is 10.6 Å². The summed E-state index contributed by atoms with van der Waals surface area (Å²) < 4.78 is 26.0. The summed E-state index contributed by atoms with van der Waals surface area (Å²) in [4.78, 5) is 22.3. The van der Waals surface area contributed by atoms with Crippen LogP contribution in [0.1, 0.15) is 10.4 Å². The maximum Gasteiger partial charge on any atom is 0.270 e. The van der Waals surface area contributed by atoms with Gasteiger partial charge < -0.3 is 10.6 Å². The molecule has 0 saturated heterocycles. The lowest BCUT2D eigenvalue weighted by Gasteiger charge is -2.10. The van der Waals surface area contributed by atoms with E-state index in [0.29, 0.717) is 5.69 Å². The first-order chi connectivity index (χ1) is 10.4. The molecular weight excluding hydrogens is 296 g/mol. The Labute approximate surface area is 123 Å². The van der Waals surface area contributed by atoms with Crippen LogP contribution in [0.2, 0.25) is 0 Å². The summed E-state index contributed by atoms with van der Waals surface area (Å²) in [5, 5.41) is 15.9. The number of anilines is 2. The van der Waals surface area contributed by atoms with Crippen LogP contribution in [0.25, 0.3) is 0 Å². The third kappa shape index (κ3) is 3.17. The number of carbonyl (C=O) groups is 1. The molecule has 1 amide bonds. The zero-order valence-corrected chi connectivity index (χ0v) is 11.4. The molecule has 2 rings (SSSR count). The highest BCUT2D eigenvalue weighted by atomic mass is 19.2. The molecule has 0 aliphatic rings. The predicted octanol–water partition coefficient (Wildman–Crippen LogP) is 3.17. The first kappa shape index (κ1) is 15.4. The quantitative estimate of drug-likeness (QED) is 0.671. The van der Waals surface area contributed by atoms with Crippen LogP contribution in [0.15, 0.2) is 36.4 Å². The molecule has 0 aliphatic heterocycles. The minimum absolute atomic E-state index is 0.0152. The molecule has 114 valence electrons. The SMILES string of the molecule is CNc1ccc([N+](=O)[O-])cc1C(=O)Nc1ccc(F)c(F)c1. The average Bonchev–Trinajstić information content (AvgIpc) is 2.50. The second-order valence-electron chi connectivity index (χ2n) is 4.32. The van der Waals surface area contributed by atoms with Crippen molar-refractivity contribution < 1.29 is 18.5 Å². The smallest absolute Gasteiger partial charge is 0.270 e. The molecule has 2 N–H and O–H groups in total. The highest BCUT2D eigenvalue weighted by Crippen LogP contribution is 2.23. The van der Waals surface area contributed by atoms with Crippen molar-refractivity contribution in [2.24, 2.45) is 0 Å². The van der Waals surface area contributed by atoms with Crippen molar-refractivity contribution in [3.8, 4) is 0 Å². The van der Waals surface area contributed by atoms with Crippen molar-refractivity contribution in [1.82, 2.24) is 0 Å². The molecular formula is C14H11F2N3O3. The number of halogens is 2. The van der Waals surface area contributed by atoms with Gasteiger partial charge in [-0.3, -0.25) is 14.9 Å². The number of nitrogens with zero attached hydrogens (tertiary/aromatic N) is 1. The molecule has 2 aromatic rings. The van der Waals surface area contributed by atoms with Crippen LogP contribution in [0.4, 0.5) is 25.8 Å². The molecule has 6 nitrogen and oxygen atoms in total. The van der Waals surface area contributed by atoms with Crippen molar-refractivity contribution in [2.45, 2.75) is 0 Å². The molecule has 2 aromatic carbocycles. The second kappa shape index (κ2) is 6.17. The summed E-state index contributed by atoms with van der Waals surface area (Å²) in [6.45, 7) is 0. The van der Waals surface area contributed by atoms with Crippen LogP contribution in [-0.4, -0.2) is 17.9 Å². The van der Waals surface area contributed by atoms with Crippen LogP contribution >= 0.6 is 0 Å². The fraction of sp³-hybridized carbons (Fsp3) is 0.0714. The van der Waals surface area contributed by atoms with Gasteiger partial charge in [0.15, 0.2) is 11.6 Å². The first-order valence-electron chi connectivity index (χ1n) is 6.15. The number of non-ortho nitro benzene ring substituents is 1. The van der Waals surface area contributed by atoms with Gasteiger partial charge in [0.1, 0.15) is 0 Å². The molecule has 0 bridgehead atoms. The van der Waals surface area contributed by atoms with Gasteiger partial charge in [-0.05, 0) is 18.2 Å². The van der Waals surface area contributed by atoms with E-state index in [1.165, 1.54) is 18.2 Å². The summed E-state index contributed by atoms with van der Waals surface area (Å²) in [5.41, 5.74) is 0.166. The maximum absolute atomic E-state index is 13.1. The number of nitro groups is 1. The maximum atomic E-state index is 13.1. The van der Waals surface area contributed by atoms with Gasteiger partial charge >= 0.3 is 0 Å². The van der Waals surface area contributed by atoms with Gasteiger partial charge in [0.25, 0.3) is 11.6 Å². The van der Waals surface area contributed by atoms with E-state index in [2.05, 4.69) is 10.6 Å². The van der Waals surface area contributed by atoms with E-state index in [4.69, 9.17) is 0 Å². The topological polar surface area (TPSA) is 84.3 Å². The van der Waals surface area contributed by atoms with Crippen molar-refractivity contribution in [3.63, 3.8) is 0 Å². The molecule has 0 aliphatic carbocycles. The third-order valence-corrected chi connectivity index (χ3v) is 2.91. The fourth-order valence-electron chi connectivity index (χ4n) is 1.82. The van der Waals surface area contributed by atoms with Crippen LogP contribution in [0.3, 0.4) is 0 Å². The van der Waals surface area contributed by atoms with E-state index in [1.54, 1.807) is 7.05 Å². The Morgan fingerprint density at radius 2 is 1.86 bits per heavy atom. The highest BCUT2D eigenvalue weighted by molar-refractivity contribution is 6.08. The number of hydrogen-bond donors (Lipinski definition) is 2. The summed E-state index contributed by atoms with van der Waals surface area (Å²) in [6.07, 6.45) is 0. The molecule has 0 unspecified atom stereocenters. The monoisotopic (exact) mass is 307 g/mol. The third-order valence-electron chi connectivity index (χ3n) is 2.91. The summed E-state index contributed by atoms with van der Waals surface area (Å²) in [7, 11) is 1.55. The van der Waals surface area contributed by atoms with Gasteiger partial charge in [-0.2, -0.15) is 0 Å². The zero-order chi connectivity index (χ0) is 16.3. The Balaban J connectivity index is 2.33. The molecule has 8 heteroatoms. The van der Waals surface area contributed by atoms with Crippen LogP contribution in [0.5, 0.6) is 0 Å². The van der Waals surface area contributed by atoms with E-state index in [-0.39, 0.29) is 16.9 Å². The van der Waals surface area contributed by atoms with E-state index < -0.39 is 22.5 Å². The molecule has 0 aromatic heterocycles. The Bertz CT molecular complexity index is 750. The summed E-state index contributed by atoms with van der Waals surface area (Å²) >= 11 is 0. The normalized spacial score (nSPS) is 10.1. The average molecular weight is 307 g/mol. The number of carbonyl (C=O) groups excluding carboxylic acids is 1. The van der Waals surface area contributed by atoms with Crippen molar-refractivity contribution >= 4 is 23.0 Å². The van der Waals surface area contributed by atoms with E-state index in [0.717, 1.165) is 18.2 Å². The number of benzene rings is 2. The number of amides is 1. The summed E-state index contributed by atoms with van der Waals surface area (Å²) in [6, 6.07) is 6.62. The molecule has 0 atom stereocenters. The number of nitrogens with one attached hydrogen (secondary N) is 2. The zero-order valence-electron chi connectivity index (χ0n) is 11.4. The van der Waals surface area contributed by atoms with Crippen LogP contribution in [0, 0.1) is 21.7 Å². The van der Waals surface area contributed by atoms with Gasteiger partial charge in [-0.25, -0.2) is 8.78 Å². The van der Waals surface area contributed by atoms with Crippen molar-refractivity contribution in [1.29, 1.82) is 0 Å². The number of rotatable bonds is 4. The Kier molecular flexibility index (Phi) is 4.31. The molecule has 0 spiro atoms. The Morgan fingerprint density at radius 3 is 2.45 bits per heavy atom. The second-order valence-corrected chi connectivity index (χ2v) is 4.32. The van der Waals surface area contributed by atoms with Crippen molar-refractivity contribution in [2.75, 3.05) is 17.7 Å². The molecule has 22 heavy (non-hydrogen) atoms. The minimum atomic E-state index is -1.11. The lowest BCUT2D eigenvalue weighted by atomic mass is 10.1. The molecule has 0 heterocycles. The standard InChI is InChI=1S/C14H11F2N3O3/c1-17-13-5-3-9(19(21)22)7-10(13)14(20)18-8-2-4-11(15)12(16)6-8/h2-7,17H,1H3,(H,18,20). The highest BCUT2D eigenvalue weighted by Gasteiger charge is 2.17. The number of nitro benzene ring substituents is 1. The van der Waals surface area contributed by atoms with E-state index >= 15 is 0 Å². The minimum Gasteiger partial charge on any atom is -0.387 e. The van der Waals surface area contributed by atoms with Gasteiger partial charge in [0, 0.05) is 36.6 Å². The van der Waals surface area contributed by atoms with Gasteiger partial charge in [0.05, 0.1) is 10.5 Å². The van der Waals surface area contributed by atoms with E-state index in [9.17, 15) is 23.7 Å². The molecule has 0 saturated carbocycles. The fourth-order valence-corrected chi connectivity index (χ4v) is 1.82. The molecule has 0 radical (unpaired) electrons. The lowest BCUT2D eigenvalue weighted by Crippen LogP contribution is -2.14. The first-order valence-corrected chi connectivity index (χ1v) is 6.15. The van der Waals surface area contributed by atoms with Gasteiger partial charge in [-0.15, -0.1) is 0 Å². The molecule has 0 fully saturated rings. The van der Waals surface area contributed by atoms with Crippen LogP contribution in [-0.2, 0) is 0 Å². The van der Waals surface area contributed by atoms with Gasteiger partial charge in [0.2, 0.25) is 0 Å². The van der Waals surface area contributed by atoms with Crippen molar-refractivity contribution in [3.05, 3.63) is 63.7 Å². The largest absolute Gasteiger partial charge is 0.387 e. The number of hydrogen-bond acceptors (Lipinski definition) is 4. The predicted molar refractivity (Wildman–Crippen MR) is 77.0 cm³/mol. The lowest BCUT2D eigenvalue weighted by molar-refractivity contribution is -0.384. The van der Waals surface area contributed by atoms with E-state index in [1.807, 2.05) is 0 Å². The summed E-state index contributed by atoms with van der Waals surface area (Å²) in [5.74, 6) is -2.82.